The number of aryl methyl sites for hydroxylation is 1. The van der Waals surface area contributed by atoms with Gasteiger partial charge in [-0.15, -0.1) is 0 Å². The zero-order valence-electron chi connectivity index (χ0n) is 6.37. The maximum atomic E-state index is 10.9. The first-order chi connectivity index (χ1) is 5.16. The summed E-state index contributed by atoms with van der Waals surface area (Å²) in [5, 5.41) is 3.78. The SMILES string of the molecule is COC(=O)c1cnn(C)c1N. The summed E-state index contributed by atoms with van der Waals surface area (Å²) in [5.74, 6) is -0.146. The fourth-order valence-electron chi connectivity index (χ4n) is 0.714. The van der Waals surface area contributed by atoms with Gasteiger partial charge in [-0.05, 0) is 0 Å². The normalized spacial score (nSPS) is 9.64. The Balaban J connectivity index is 3.04. The minimum absolute atomic E-state index is 0.301. The van der Waals surface area contributed by atoms with Crippen LogP contribution in [0.15, 0.2) is 6.20 Å². The molecule has 0 radical (unpaired) electrons. The molecule has 0 bridgehead atoms. The number of esters is 1. The van der Waals surface area contributed by atoms with Crippen molar-refractivity contribution in [3.05, 3.63) is 11.8 Å². The monoisotopic (exact) mass is 155 g/mol. The van der Waals surface area contributed by atoms with Crippen LogP contribution in [0.1, 0.15) is 10.4 Å². The Bertz CT molecular complexity index is 279. The third kappa shape index (κ3) is 1.17. The van der Waals surface area contributed by atoms with Gasteiger partial charge in [0.15, 0.2) is 0 Å². The second-order valence-corrected chi connectivity index (χ2v) is 2.06. The van der Waals surface area contributed by atoms with Crippen molar-refractivity contribution in [1.29, 1.82) is 0 Å². The molecule has 0 fully saturated rings. The van der Waals surface area contributed by atoms with Gasteiger partial charge in [0.25, 0.3) is 0 Å². The number of hydrogen-bond donors (Lipinski definition) is 1. The summed E-state index contributed by atoms with van der Waals surface area (Å²) in [7, 11) is 2.95. The summed E-state index contributed by atoms with van der Waals surface area (Å²) in [6, 6.07) is 0. The van der Waals surface area contributed by atoms with E-state index in [0.29, 0.717) is 11.4 Å². The van der Waals surface area contributed by atoms with Crippen molar-refractivity contribution < 1.29 is 9.53 Å². The van der Waals surface area contributed by atoms with Crippen molar-refractivity contribution in [1.82, 2.24) is 9.78 Å². The van der Waals surface area contributed by atoms with Crippen LogP contribution in [0, 0.1) is 0 Å². The van der Waals surface area contributed by atoms with Crippen LogP contribution in [-0.2, 0) is 11.8 Å². The molecule has 1 rings (SSSR count). The van der Waals surface area contributed by atoms with E-state index in [0.717, 1.165) is 0 Å². The summed E-state index contributed by atoms with van der Waals surface area (Å²) < 4.78 is 5.87. The lowest BCUT2D eigenvalue weighted by Gasteiger charge is -1.96. The zero-order chi connectivity index (χ0) is 8.43. The smallest absolute Gasteiger partial charge is 0.343 e. The summed E-state index contributed by atoms with van der Waals surface area (Å²) in [4.78, 5) is 10.9. The highest BCUT2D eigenvalue weighted by molar-refractivity contribution is 5.93. The molecular weight excluding hydrogens is 146 g/mol. The zero-order valence-corrected chi connectivity index (χ0v) is 6.37. The average Bonchev–Trinajstić information content (AvgIpc) is 2.32. The number of carbonyl (C=O) groups is 1. The van der Waals surface area contributed by atoms with Crippen LogP contribution < -0.4 is 5.73 Å². The number of nitrogens with zero attached hydrogens (tertiary/aromatic N) is 2. The van der Waals surface area contributed by atoms with E-state index in [4.69, 9.17) is 5.73 Å². The number of anilines is 1. The molecule has 0 spiro atoms. The van der Waals surface area contributed by atoms with E-state index in [2.05, 4.69) is 9.84 Å². The molecule has 0 aromatic carbocycles. The molecular formula is C6H9N3O2. The van der Waals surface area contributed by atoms with Gasteiger partial charge < -0.3 is 10.5 Å². The molecule has 0 aliphatic rings. The van der Waals surface area contributed by atoms with Crippen LogP contribution in [-0.4, -0.2) is 22.9 Å². The van der Waals surface area contributed by atoms with Crippen molar-refractivity contribution in [2.45, 2.75) is 0 Å². The van der Waals surface area contributed by atoms with Crippen LogP contribution in [0.3, 0.4) is 0 Å². The number of hydrogen-bond acceptors (Lipinski definition) is 4. The molecule has 5 nitrogen and oxygen atoms in total. The number of carbonyl (C=O) groups excluding carboxylic acids is 1. The summed E-state index contributed by atoms with van der Waals surface area (Å²) >= 11 is 0. The molecule has 0 unspecified atom stereocenters. The molecule has 0 amide bonds. The van der Waals surface area contributed by atoms with E-state index in [1.54, 1.807) is 7.05 Å². The lowest BCUT2D eigenvalue weighted by atomic mass is 10.3. The van der Waals surface area contributed by atoms with Gasteiger partial charge in [-0.25, -0.2) is 4.79 Å². The fraction of sp³-hybridized carbons (Fsp3) is 0.333. The van der Waals surface area contributed by atoms with Gasteiger partial charge >= 0.3 is 5.97 Å². The maximum absolute atomic E-state index is 10.9. The Morgan fingerprint density at radius 1 is 1.82 bits per heavy atom. The first kappa shape index (κ1) is 7.59. The Hall–Kier alpha value is -1.52. The first-order valence-electron chi connectivity index (χ1n) is 3.02. The standard InChI is InChI=1S/C6H9N3O2/c1-9-5(7)4(3-8-9)6(10)11-2/h3H,7H2,1-2H3. The minimum atomic E-state index is -0.462. The molecule has 2 N–H and O–H groups in total. The van der Waals surface area contributed by atoms with Gasteiger partial charge in [0.05, 0.1) is 13.3 Å². The molecule has 1 heterocycles. The summed E-state index contributed by atoms with van der Waals surface area (Å²) in [6.07, 6.45) is 1.38. The van der Waals surface area contributed by atoms with Crippen molar-refractivity contribution in [3.8, 4) is 0 Å². The van der Waals surface area contributed by atoms with Gasteiger partial charge in [-0.1, -0.05) is 0 Å². The maximum Gasteiger partial charge on any atom is 0.343 e. The number of nitrogens with two attached hydrogens (primary N) is 1. The Morgan fingerprint density at radius 3 is 2.82 bits per heavy atom. The number of nitrogen functional groups attached to an aromatic ring is 1. The van der Waals surface area contributed by atoms with E-state index in [1.165, 1.54) is 18.0 Å². The van der Waals surface area contributed by atoms with Crippen molar-refractivity contribution >= 4 is 11.8 Å². The molecule has 5 heteroatoms. The van der Waals surface area contributed by atoms with Crippen LogP contribution in [0.2, 0.25) is 0 Å². The van der Waals surface area contributed by atoms with E-state index < -0.39 is 5.97 Å². The Labute approximate surface area is 63.7 Å². The predicted molar refractivity (Wildman–Crippen MR) is 39.0 cm³/mol. The highest BCUT2D eigenvalue weighted by atomic mass is 16.5. The summed E-state index contributed by atoms with van der Waals surface area (Å²) in [6.45, 7) is 0. The van der Waals surface area contributed by atoms with Gasteiger partial charge in [0.1, 0.15) is 11.4 Å². The number of methoxy groups -OCH3 is 1. The molecule has 0 saturated heterocycles. The second-order valence-electron chi connectivity index (χ2n) is 2.06. The largest absolute Gasteiger partial charge is 0.465 e. The van der Waals surface area contributed by atoms with E-state index >= 15 is 0 Å². The van der Waals surface area contributed by atoms with E-state index in [9.17, 15) is 4.79 Å². The fourth-order valence-corrected chi connectivity index (χ4v) is 0.714. The van der Waals surface area contributed by atoms with Gasteiger partial charge in [0, 0.05) is 7.05 Å². The highest BCUT2D eigenvalue weighted by Gasteiger charge is 2.12. The van der Waals surface area contributed by atoms with Crippen molar-refractivity contribution in [2.75, 3.05) is 12.8 Å². The molecule has 0 atom stereocenters. The molecule has 0 saturated carbocycles. The quantitative estimate of drug-likeness (QED) is 0.569. The third-order valence-electron chi connectivity index (χ3n) is 1.39. The lowest BCUT2D eigenvalue weighted by Crippen LogP contribution is -2.05. The van der Waals surface area contributed by atoms with Crippen LogP contribution in [0.4, 0.5) is 5.82 Å². The van der Waals surface area contributed by atoms with Crippen LogP contribution in [0.25, 0.3) is 0 Å². The number of ether oxygens (including phenoxy) is 1. The summed E-state index contributed by atoms with van der Waals surface area (Å²) in [5.41, 5.74) is 5.78. The predicted octanol–water partition coefficient (Wildman–Crippen LogP) is -0.211. The van der Waals surface area contributed by atoms with E-state index in [-0.39, 0.29) is 0 Å². The van der Waals surface area contributed by atoms with Gasteiger partial charge in [-0.2, -0.15) is 5.10 Å². The lowest BCUT2D eigenvalue weighted by molar-refractivity contribution is 0.0602. The van der Waals surface area contributed by atoms with Crippen molar-refractivity contribution in [3.63, 3.8) is 0 Å². The molecule has 0 aliphatic carbocycles. The molecule has 1 aromatic rings. The average molecular weight is 155 g/mol. The van der Waals surface area contributed by atoms with E-state index in [1.807, 2.05) is 0 Å². The minimum Gasteiger partial charge on any atom is -0.465 e. The molecule has 0 aliphatic heterocycles. The topological polar surface area (TPSA) is 70.1 Å². The second kappa shape index (κ2) is 2.61. The molecule has 1 aromatic heterocycles. The van der Waals surface area contributed by atoms with Gasteiger partial charge in [0.2, 0.25) is 0 Å². The van der Waals surface area contributed by atoms with Crippen LogP contribution >= 0.6 is 0 Å². The first-order valence-corrected chi connectivity index (χ1v) is 3.02. The highest BCUT2D eigenvalue weighted by Crippen LogP contribution is 2.09. The number of rotatable bonds is 1. The number of aromatic nitrogens is 2. The Kier molecular flexibility index (Phi) is 1.80. The molecule has 60 valence electrons. The Morgan fingerprint density at radius 2 is 2.45 bits per heavy atom. The third-order valence-corrected chi connectivity index (χ3v) is 1.39. The van der Waals surface area contributed by atoms with Gasteiger partial charge in [-0.3, -0.25) is 4.68 Å². The van der Waals surface area contributed by atoms with Crippen molar-refractivity contribution in [2.24, 2.45) is 7.05 Å². The molecule has 11 heavy (non-hydrogen) atoms. The van der Waals surface area contributed by atoms with Crippen LogP contribution in [0.5, 0.6) is 0 Å².